The Morgan fingerprint density at radius 1 is 1.31 bits per heavy atom. The quantitative estimate of drug-likeness (QED) is 0.712. The maximum absolute atomic E-state index is 9.71. The third kappa shape index (κ3) is 2.47. The molecule has 0 aliphatic carbocycles. The molecule has 4 heteroatoms. The molecule has 0 aromatic carbocycles. The minimum absolute atomic E-state index is 0.207. The maximum atomic E-state index is 9.71. The van der Waals surface area contributed by atoms with Gasteiger partial charge in [0, 0.05) is 18.4 Å². The highest BCUT2D eigenvalue weighted by Gasteiger charge is 2.21. The topological polar surface area (TPSA) is 72.0 Å². The number of aromatic nitrogens is 2. The van der Waals surface area contributed by atoms with Gasteiger partial charge < -0.3 is 10.8 Å². The average Bonchev–Trinajstić information content (AvgIpc) is 2.17. The molecule has 0 saturated carbocycles. The monoisotopic (exact) mass is 181 g/mol. The summed E-state index contributed by atoms with van der Waals surface area (Å²) in [5.74, 6) is 0.600. The molecule has 1 heterocycles. The van der Waals surface area contributed by atoms with E-state index < -0.39 is 6.10 Å². The Morgan fingerprint density at radius 3 is 2.31 bits per heavy atom. The van der Waals surface area contributed by atoms with E-state index in [0.29, 0.717) is 5.82 Å². The molecule has 0 saturated heterocycles. The fourth-order valence-electron chi connectivity index (χ4n) is 1.00. The SMILES string of the molecule is CC(C)[C@H](N)[C@H](O)c1ncccn1. The van der Waals surface area contributed by atoms with Crippen LogP contribution in [0.15, 0.2) is 18.5 Å². The first-order valence-electron chi connectivity index (χ1n) is 4.33. The number of hydrogen-bond acceptors (Lipinski definition) is 4. The van der Waals surface area contributed by atoms with Crippen LogP contribution < -0.4 is 5.73 Å². The summed E-state index contributed by atoms with van der Waals surface area (Å²) in [5.41, 5.74) is 5.76. The molecular weight excluding hydrogens is 166 g/mol. The first-order chi connectivity index (χ1) is 6.13. The van der Waals surface area contributed by atoms with Crippen molar-refractivity contribution in [3.05, 3.63) is 24.3 Å². The molecule has 0 unspecified atom stereocenters. The molecule has 2 atom stereocenters. The zero-order valence-corrected chi connectivity index (χ0v) is 7.88. The van der Waals surface area contributed by atoms with Crippen molar-refractivity contribution in [3.63, 3.8) is 0 Å². The van der Waals surface area contributed by atoms with Crippen LogP contribution in [0.3, 0.4) is 0 Å². The summed E-state index contributed by atoms with van der Waals surface area (Å²) in [6.07, 6.45) is 2.41. The standard InChI is InChI=1S/C9H15N3O/c1-6(2)7(10)8(13)9-11-4-3-5-12-9/h3-8,13H,10H2,1-2H3/t7-,8-/m0/s1. The van der Waals surface area contributed by atoms with Gasteiger partial charge in [-0.3, -0.25) is 0 Å². The van der Waals surface area contributed by atoms with Crippen LogP contribution in [0, 0.1) is 5.92 Å². The summed E-state index contributed by atoms with van der Waals surface area (Å²) in [6, 6.07) is 1.39. The van der Waals surface area contributed by atoms with Gasteiger partial charge in [-0.1, -0.05) is 13.8 Å². The van der Waals surface area contributed by atoms with E-state index in [1.807, 2.05) is 13.8 Å². The maximum Gasteiger partial charge on any atom is 0.158 e. The molecule has 0 radical (unpaired) electrons. The van der Waals surface area contributed by atoms with Crippen molar-refractivity contribution >= 4 is 0 Å². The molecule has 0 fully saturated rings. The van der Waals surface area contributed by atoms with E-state index in [4.69, 9.17) is 5.73 Å². The molecular formula is C9H15N3O. The van der Waals surface area contributed by atoms with Crippen molar-refractivity contribution in [1.82, 2.24) is 9.97 Å². The minimum Gasteiger partial charge on any atom is -0.383 e. The van der Waals surface area contributed by atoms with Gasteiger partial charge in [-0.05, 0) is 12.0 Å². The average molecular weight is 181 g/mol. The van der Waals surface area contributed by atoms with Gasteiger partial charge in [-0.15, -0.1) is 0 Å². The first kappa shape index (κ1) is 10.1. The number of aliphatic hydroxyl groups excluding tert-OH is 1. The van der Waals surface area contributed by atoms with Crippen molar-refractivity contribution in [3.8, 4) is 0 Å². The van der Waals surface area contributed by atoms with E-state index in [1.165, 1.54) is 0 Å². The van der Waals surface area contributed by atoms with Crippen LogP contribution in [0.5, 0.6) is 0 Å². The normalized spacial score (nSPS) is 15.8. The van der Waals surface area contributed by atoms with E-state index in [9.17, 15) is 5.11 Å². The van der Waals surface area contributed by atoms with Crippen molar-refractivity contribution in [1.29, 1.82) is 0 Å². The van der Waals surface area contributed by atoms with Crippen LogP contribution in [-0.4, -0.2) is 21.1 Å². The van der Waals surface area contributed by atoms with Crippen molar-refractivity contribution < 1.29 is 5.11 Å². The molecule has 1 aromatic heterocycles. The smallest absolute Gasteiger partial charge is 0.158 e. The molecule has 0 amide bonds. The summed E-state index contributed by atoms with van der Waals surface area (Å²) < 4.78 is 0. The summed E-state index contributed by atoms with van der Waals surface area (Å²) in [5, 5.41) is 9.71. The lowest BCUT2D eigenvalue weighted by Gasteiger charge is -2.20. The van der Waals surface area contributed by atoms with Crippen molar-refractivity contribution in [2.75, 3.05) is 0 Å². The summed E-state index contributed by atoms with van der Waals surface area (Å²) >= 11 is 0. The van der Waals surface area contributed by atoms with Gasteiger partial charge in [0.05, 0.1) is 0 Å². The van der Waals surface area contributed by atoms with Crippen LogP contribution in [0.4, 0.5) is 0 Å². The summed E-state index contributed by atoms with van der Waals surface area (Å²) in [7, 11) is 0. The number of nitrogens with two attached hydrogens (primary N) is 1. The molecule has 4 nitrogen and oxygen atoms in total. The highest BCUT2D eigenvalue weighted by molar-refractivity contribution is 4.96. The van der Waals surface area contributed by atoms with E-state index in [0.717, 1.165) is 0 Å². The molecule has 1 aromatic rings. The molecule has 1 rings (SSSR count). The van der Waals surface area contributed by atoms with Gasteiger partial charge in [0.2, 0.25) is 0 Å². The second kappa shape index (κ2) is 4.30. The number of aliphatic hydroxyl groups is 1. The van der Waals surface area contributed by atoms with Crippen molar-refractivity contribution in [2.24, 2.45) is 11.7 Å². The van der Waals surface area contributed by atoms with Crippen LogP contribution >= 0.6 is 0 Å². The van der Waals surface area contributed by atoms with Crippen molar-refractivity contribution in [2.45, 2.75) is 26.0 Å². The molecule has 0 bridgehead atoms. The Bertz CT molecular complexity index is 250. The van der Waals surface area contributed by atoms with Crippen LogP contribution in [0.1, 0.15) is 25.8 Å². The third-order valence-electron chi connectivity index (χ3n) is 1.98. The lowest BCUT2D eigenvalue weighted by Crippen LogP contribution is -2.34. The Balaban J connectivity index is 2.73. The number of hydrogen-bond donors (Lipinski definition) is 2. The predicted molar refractivity (Wildman–Crippen MR) is 49.8 cm³/mol. The van der Waals surface area contributed by atoms with E-state index >= 15 is 0 Å². The fourth-order valence-corrected chi connectivity index (χ4v) is 1.00. The zero-order valence-electron chi connectivity index (χ0n) is 7.88. The Kier molecular flexibility index (Phi) is 3.33. The second-order valence-electron chi connectivity index (χ2n) is 3.37. The molecule has 13 heavy (non-hydrogen) atoms. The van der Waals surface area contributed by atoms with E-state index in [1.54, 1.807) is 18.5 Å². The molecule has 0 aliphatic heterocycles. The van der Waals surface area contributed by atoms with Gasteiger partial charge in [0.1, 0.15) is 6.10 Å². The van der Waals surface area contributed by atoms with Gasteiger partial charge in [-0.25, -0.2) is 9.97 Å². The lowest BCUT2D eigenvalue weighted by atomic mass is 9.99. The Labute approximate surface area is 77.8 Å². The van der Waals surface area contributed by atoms with Crippen LogP contribution in [0.2, 0.25) is 0 Å². The summed E-state index contributed by atoms with van der Waals surface area (Å²) in [4.78, 5) is 7.88. The highest BCUT2D eigenvalue weighted by atomic mass is 16.3. The Morgan fingerprint density at radius 2 is 1.85 bits per heavy atom. The van der Waals surface area contributed by atoms with Crippen LogP contribution in [-0.2, 0) is 0 Å². The lowest BCUT2D eigenvalue weighted by molar-refractivity contribution is 0.117. The van der Waals surface area contributed by atoms with Gasteiger partial charge in [0.15, 0.2) is 5.82 Å². The molecule has 0 spiro atoms. The third-order valence-corrected chi connectivity index (χ3v) is 1.98. The molecule has 3 N–H and O–H groups in total. The zero-order chi connectivity index (χ0) is 9.84. The second-order valence-corrected chi connectivity index (χ2v) is 3.37. The van der Waals surface area contributed by atoms with Gasteiger partial charge >= 0.3 is 0 Å². The first-order valence-corrected chi connectivity index (χ1v) is 4.33. The van der Waals surface area contributed by atoms with E-state index in [2.05, 4.69) is 9.97 Å². The number of rotatable bonds is 3. The largest absolute Gasteiger partial charge is 0.383 e. The van der Waals surface area contributed by atoms with E-state index in [-0.39, 0.29) is 12.0 Å². The molecule has 72 valence electrons. The highest BCUT2D eigenvalue weighted by Crippen LogP contribution is 2.15. The summed E-state index contributed by atoms with van der Waals surface area (Å²) in [6.45, 7) is 3.91. The number of nitrogens with zero attached hydrogens (tertiary/aromatic N) is 2. The molecule has 0 aliphatic rings. The van der Waals surface area contributed by atoms with Crippen LogP contribution in [0.25, 0.3) is 0 Å². The Hall–Kier alpha value is -1.00. The predicted octanol–water partition coefficient (Wildman–Crippen LogP) is 0.493. The van der Waals surface area contributed by atoms with Gasteiger partial charge in [0.25, 0.3) is 0 Å². The minimum atomic E-state index is -0.777. The fraction of sp³-hybridized carbons (Fsp3) is 0.556. The van der Waals surface area contributed by atoms with Gasteiger partial charge in [-0.2, -0.15) is 0 Å².